The van der Waals surface area contributed by atoms with Gasteiger partial charge in [-0.2, -0.15) is 0 Å². The first-order valence-corrected chi connectivity index (χ1v) is 6.22. The van der Waals surface area contributed by atoms with Crippen molar-refractivity contribution in [3.05, 3.63) is 0 Å². The average molecular weight is 230 g/mol. The molecule has 2 atom stereocenters. The quantitative estimate of drug-likeness (QED) is 0.689. The Bertz CT molecular complexity index is 201. The largest absolute Gasteiger partial charge is 0.395 e. The zero-order valence-corrected chi connectivity index (χ0v) is 10.8. The summed E-state index contributed by atoms with van der Waals surface area (Å²) < 4.78 is 5.39. The molecule has 2 unspecified atom stereocenters. The van der Waals surface area contributed by atoms with Gasteiger partial charge < -0.3 is 15.2 Å². The zero-order valence-electron chi connectivity index (χ0n) is 10.8. The standard InChI is InChI=1S/C12H26N2O2/c1-4-12(2,9-13-3)10-14-5-6-16-8-11(14)7-15/h11,13,15H,4-10H2,1-3H3. The molecule has 1 fully saturated rings. The molecule has 0 aromatic rings. The molecule has 4 nitrogen and oxygen atoms in total. The summed E-state index contributed by atoms with van der Waals surface area (Å²) in [6.07, 6.45) is 1.14. The predicted molar refractivity (Wildman–Crippen MR) is 65.6 cm³/mol. The van der Waals surface area contributed by atoms with E-state index in [-0.39, 0.29) is 18.1 Å². The maximum absolute atomic E-state index is 9.32. The first-order chi connectivity index (χ1) is 7.65. The van der Waals surface area contributed by atoms with E-state index >= 15 is 0 Å². The molecule has 1 heterocycles. The third-order valence-corrected chi connectivity index (χ3v) is 3.60. The Kier molecular flexibility index (Phi) is 5.69. The smallest absolute Gasteiger partial charge is 0.0644 e. The molecule has 0 aliphatic carbocycles. The van der Waals surface area contributed by atoms with Crippen LogP contribution >= 0.6 is 0 Å². The van der Waals surface area contributed by atoms with Crippen molar-refractivity contribution in [2.24, 2.45) is 5.41 Å². The fraction of sp³-hybridized carbons (Fsp3) is 1.00. The number of hydrogen-bond acceptors (Lipinski definition) is 4. The van der Waals surface area contributed by atoms with E-state index in [1.54, 1.807) is 0 Å². The van der Waals surface area contributed by atoms with E-state index in [2.05, 4.69) is 24.1 Å². The number of rotatable bonds is 6. The lowest BCUT2D eigenvalue weighted by Crippen LogP contribution is -2.52. The predicted octanol–water partition coefficient (Wildman–Crippen LogP) is 0.315. The maximum Gasteiger partial charge on any atom is 0.0644 e. The molecule has 16 heavy (non-hydrogen) atoms. The minimum atomic E-state index is 0.177. The third-order valence-electron chi connectivity index (χ3n) is 3.60. The van der Waals surface area contributed by atoms with E-state index in [0.29, 0.717) is 6.61 Å². The number of nitrogens with one attached hydrogen (secondary N) is 1. The Labute approximate surface area is 99.0 Å². The monoisotopic (exact) mass is 230 g/mol. The van der Waals surface area contributed by atoms with Crippen LogP contribution in [0.2, 0.25) is 0 Å². The minimum absolute atomic E-state index is 0.177. The highest BCUT2D eigenvalue weighted by atomic mass is 16.5. The molecular weight excluding hydrogens is 204 g/mol. The van der Waals surface area contributed by atoms with Gasteiger partial charge in [0.2, 0.25) is 0 Å². The summed E-state index contributed by atoms with van der Waals surface area (Å²) in [5.41, 5.74) is 0.277. The van der Waals surface area contributed by atoms with Crippen molar-refractivity contribution < 1.29 is 9.84 Å². The summed E-state index contributed by atoms with van der Waals surface area (Å²) in [5, 5.41) is 12.6. The van der Waals surface area contributed by atoms with Crippen LogP contribution in [0.1, 0.15) is 20.3 Å². The van der Waals surface area contributed by atoms with E-state index in [1.807, 2.05) is 7.05 Å². The highest BCUT2D eigenvalue weighted by Gasteiger charge is 2.30. The van der Waals surface area contributed by atoms with E-state index < -0.39 is 0 Å². The molecule has 0 radical (unpaired) electrons. The van der Waals surface area contributed by atoms with Crippen LogP contribution in [-0.4, -0.2) is 62.6 Å². The Balaban J connectivity index is 2.54. The second-order valence-corrected chi connectivity index (χ2v) is 5.08. The molecule has 0 aromatic carbocycles. The van der Waals surface area contributed by atoms with Crippen molar-refractivity contribution in [1.29, 1.82) is 0 Å². The number of ether oxygens (including phenoxy) is 1. The molecule has 0 spiro atoms. The van der Waals surface area contributed by atoms with Gasteiger partial charge in [0.1, 0.15) is 0 Å². The van der Waals surface area contributed by atoms with Gasteiger partial charge in [-0.25, -0.2) is 0 Å². The van der Waals surface area contributed by atoms with Gasteiger partial charge in [-0.15, -0.1) is 0 Å². The van der Waals surface area contributed by atoms with Crippen molar-refractivity contribution in [1.82, 2.24) is 10.2 Å². The van der Waals surface area contributed by atoms with E-state index in [0.717, 1.165) is 32.7 Å². The summed E-state index contributed by atoms with van der Waals surface area (Å²) in [4.78, 5) is 2.37. The van der Waals surface area contributed by atoms with Gasteiger partial charge in [0.25, 0.3) is 0 Å². The normalized spacial score (nSPS) is 26.6. The number of nitrogens with zero attached hydrogens (tertiary/aromatic N) is 1. The van der Waals surface area contributed by atoms with Crippen LogP contribution in [0.5, 0.6) is 0 Å². The lowest BCUT2D eigenvalue weighted by atomic mass is 9.86. The maximum atomic E-state index is 9.32. The summed E-state index contributed by atoms with van der Waals surface area (Å²) in [5.74, 6) is 0. The van der Waals surface area contributed by atoms with Gasteiger partial charge in [0.05, 0.1) is 25.9 Å². The summed E-state index contributed by atoms with van der Waals surface area (Å²) in [6, 6.07) is 0.177. The molecule has 0 amide bonds. The van der Waals surface area contributed by atoms with Crippen molar-refractivity contribution in [2.45, 2.75) is 26.3 Å². The molecule has 1 saturated heterocycles. The summed E-state index contributed by atoms with van der Waals surface area (Å²) in [7, 11) is 2.00. The topological polar surface area (TPSA) is 44.7 Å². The van der Waals surface area contributed by atoms with Crippen LogP contribution in [0.25, 0.3) is 0 Å². The van der Waals surface area contributed by atoms with Gasteiger partial charge in [-0.05, 0) is 18.9 Å². The van der Waals surface area contributed by atoms with Gasteiger partial charge in [0.15, 0.2) is 0 Å². The summed E-state index contributed by atoms with van der Waals surface area (Å²) in [6.45, 7) is 9.15. The lowest BCUT2D eigenvalue weighted by Gasteiger charge is -2.40. The number of morpholine rings is 1. The first-order valence-electron chi connectivity index (χ1n) is 6.22. The van der Waals surface area contributed by atoms with Crippen LogP contribution in [-0.2, 0) is 4.74 Å². The highest BCUT2D eigenvalue weighted by molar-refractivity contribution is 4.84. The van der Waals surface area contributed by atoms with Gasteiger partial charge in [-0.3, -0.25) is 4.90 Å². The second kappa shape index (κ2) is 6.55. The molecule has 1 aliphatic heterocycles. The van der Waals surface area contributed by atoms with Crippen molar-refractivity contribution >= 4 is 0 Å². The Morgan fingerprint density at radius 1 is 1.56 bits per heavy atom. The minimum Gasteiger partial charge on any atom is -0.395 e. The molecule has 0 saturated carbocycles. The van der Waals surface area contributed by atoms with Crippen molar-refractivity contribution in [3.8, 4) is 0 Å². The van der Waals surface area contributed by atoms with Crippen LogP contribution in [0.15, 0.2) is 0 Å². The first kappa shape index (κ1) is 13.9. The van der Waals surface area contributed by atoms with Gasteiger partial charge in [0, 0.05) is 19.6 Å². The van der Waals surface area contributed by atoms with Crippen LogP contribution in [0.3, 0.4) is 0 Å². The van der Waals surface area contributed by atoms with E-state index in [9.17, 15) is 5.11 Å². The van der Waals surface area contributed by atoms with E-state index in [1.165, 1.54) is 0 Å². The number of aliphatic hydroxyl groups is 1. The molecule has 0 bridgehead atoms. The van der Waals surface area contributed by atoms with Crippen LogP contribution < -0.4 is 5.32 Å². The SMILES string of the molecule is CCC(C)(CNC)CN1CCOCC1CO. The Morgan fingerprint density at radius 2 is 2.31 bits per heavy atom. The second-order valence-electron chi connectivity index (χ2n) is 5.08. The average Bonchev–Trinajstić information content (AvgIpc) is 2.30. The molecule has 4 heteroatoms. The fourth-order valence-corrected chi connectivity index (χ4v) is 2.28. The van der Waals surface area contributed by atoms with Crippen LogP contribution in [0.4, 0.5) is 0 Å². The highest BCUT2D eigenvalue weighted by Crippen LogP contribution is 2.23. The lowest BCUT2D eigenvalue weighted by molar-refractivity contribution is -0.0428. The molecule has 1 aliphatic rings. The van der Waals surface area contributed by atoms with Gasteiger partial charge >= 0.3 is 0 Å². The molecule has 96 valence electrons. The van der Waals surface area contributed by atoms with Gasteiger partial charge in [-0.1, -0.05) is 13.8 Å². The molecule has 0 aromatic heterocycles. The van der Waals surface area contributed by atoms with Crippen molar-refractivity contribution in [2.75, 3.05) is 46.5 Å². The van der Waals surface area contributed by atoms with Crippen LogP contribution in [0, 0.1) is 5.41 Å². The number of hydrogen-bond donors (Lipinski definition) is 2. The van der Waals surface area contributed by atoms with Crippen molar-refractivity contribution in [3.63, 3.8) is 0 Å². The fourth-order valence-electron chi connectivity index (χ4n) is 2.28. The summed E-state index contributed by atoms with van der Waals surface area (Å²) >= 11 is 0. The Hall–Kier alpha value is -0.160. The molecular formula is C12H26N2O2. The van der Waals surface area contributed by atoms with E-state index in [4.69, 9.17) is 4.74 Å². The molecule has 2 N–H and O–H groups in total. The Morgan fingerprint density at radius 3 is 2.88 bits per heavy atom. The third kappa shape index (κ3) is 3.70. The number of aliphatic hydroxyl groups excluding tert-OH is 1. The zero-order chi connectivity index (χ0) is 12.0. The molecule has 1 rings (SSSR count).